The summed E-state index contributed by atoms with van der Waals surface area (Å²) in [5.74, 6) is 0.452. The number of hydrogen-bond donors (Lipinski definition) is 0. The SMILES string of the molecule is CC(C)(C)CC(c1ccc(-c2ccc3c(c2)C2(c4ccccc4-3)c3ccccc3-c3ccc(-n4c5ccccc5c5cc(-c6ccc(N(c7ccc(-c8ccccc8)cc7)c7ccc8c9ccccc9n(-c9ccccc9)c8c7)cc6)ccc54)cc32)cc1)C(C)(C)C. The van der Waals surface area contributed by atoms with Gasteiger partial charge in [-0.1, -0.05) is 254 Å². The molecule has 2 unspecified atom stereocenters. The number of aromatic nitrogens is 2. The Hall–Kier alpha value is -10.7. The van der Waals surface area contributed by atoms with E-state index in [4.69, 9.17) is 0 Å². The van der Waals surface area contributed by atoms with Crippen LogP contribution in [-0.2, 0) is 5.41 Å². The first kappa shape index (κ1) is 55.3. The van der Waals surface area contributed by atoms with E-state index in [2.05, 4.69) is 359 Å². The zero-order valence-corrected chi connectivity index (χ0v) is 53.0. The zero-order chi connectivity index (χ0) is 62.0. The van der Waals surface area contributed by atoms with Crippen molar-refractivity contribution < 1.29 is 0 Å². The van der Waals surface area contributed by atoms with Crippen LogP contribution in [0.4, 0.5) is 17.1 Å². The number of rotatable bonds is 10. The highest BCUT2D eigenvalue weighted by Crippen LogP contribution is 2.63. The van der Waals surface area contributed by atoms with Crippen LogP contribution >= 0.6 is 0 Å². The van der Waals surface area contributed by atoms with Crippen molar-refractivity contribution in [2.24, 2.45) is 10.8 Å². The normalized spacial score (nSPS) is 14.5. The molecule has 0 fully saturated rings. The molecule has 2 aliphatic rings. The third kappa shape index (κ3) is 8.85. The second-order valence-corrected chi connectivity index (χ2v) is 27.9. The lowest BCUT2D eigenvalue weighted by Crippen LogP contribution is -2.26. The Morgan fingerprint density at radius 3 is 1.36 bits per heavy atom. The summed E-state index contributed by atoms with van der Waals surface area (Å²) in [6.07, 6.45) is 1.14. The van der Waals surface area contributed by atoms with E-state index in [1.165, 1.54) is 116 Å². The van der Waals surface area contributed by atoms with Gasteiger partial charge in [-0.15, -0.1) is 0 Å². The molecule has 0 aliphatic heterocycles. The summed E-state index contributed by atoms with van der Waals surface area (Å²) in [7, 11) is 0. The minimum atomic E-state index is -0.526. The first-order valence-corrected chi connectivity index (χ1v) is 32.6. The molecule has 2 aromatic heterocycles. The number of benzene rings is 13. The Morgan fingerprint density at radius 2 is 0.739 bits per heavy atom. The highest BCUT2D eigenvalue weighted by atomic mass is 15.1. The van der Waals surface area contributed by atoms with Crippen LogP contribution < -0.4 is 4.90 Å². The second-order valence-electron chi connectivity index (χ2n) is 27.9. The monoisotopic (exact) mass is 1180 g/mol. The van der Waals surface area contributed by atoms with Gasteiger partial charge in [0.1, 0.15) is 0 Å². The molecule has 442 valence electrons. The largest absolute Gasteiger partial charge is 0.310 e. The van der Waals surface area contributed by atoms with E-state index in [0.717, 1.165) is 45.9 Å². The predicted octanol–water partition coefficient (Wildman–Crippen LogP) is 24.3. The zero-order valence-electron chi connectivity index (χ0n) is 53.0. The molecule has 92 heavy (non-hydrogen) atoms. The second kappa shape index (κ2) is 21.2. The van der Waals surface area contributed by atoms with Crippen molar-refractivity contribution in [2.45, 2.75) is 59.3 Å². The predicted molar refractivity (Wildman–Crippen MR) is 389 cm³/mol. The summed E-state index contributed by atoms with van der Waals surface area (Å²) >= 11 is 0. The average Bonchev–Trinajstić information content (AvgIpc) is 1.51. The molecule has 0 N–H and O–H groups in total. The summed E-state index contributed by atoms with van der Waals surface area (Å²) in [4.78, 5) is 2.40. The van der Waals surface area contributed by atoms with Gasteiger partial charge in [0, 0.05) is 50.0 Å². The fourth-order valence-corrected chi connectivity index (χ4v) is 16.0. The van der Waals surface area contributed by atoms with E-state index < -0.39 is 5.41 Å². The Kier molecular flexibility index (Phi) is 12.7. The Labute approximate surface area is 539 Å². The van der Waals surface area contributed by atoms with Crippen molar-refractivity contribution in [2.75, 3.05) is 4.90 Å². The van der Waals surface area contributed by atoms with Crippen LogP contribution in [0.3, 0.4) is 0 Å². The van der Waals surface area contributed by atoms with Crippen LogP contribution in [0.2, 0.25) is 0 Å². The fraction of sp³-hybridized carbons (Fsp3) is 0.124. The average molecular weight is 1180 g/mol. The van der Waals surface area contributed by atoms with E-state index in [1.54, 1.807) is 0 Å². The molecular formula is C89H71N3. The maximum atomic E-state index is 2.53. The Balaban J connectivity index is 0.766. The summed E-state index contributed by atoms with van der Waals surface area (Å²) in [5, 5.41) is 4.92. The molecule has 0 bridgehead atoms. The summed E-state index contributed by atoms with van der Waals surface area (Å²) in [6.45, 7) is 14.3. The Morgan fingerprint density at radius 1 is 0.304 bits per heavy atom. The fourth-order valence-electron chi connectivity index (χ4n) is 16.0. The number of hydrogen-bond acceptors (Lipinski definition) is 1. The highest BCUT2D eigenvalue weighted by Gasteiger charge is 2.52. The molecule has 0 saturated carbocycles. The lowest BCUT2D eigenvalue weighted by atomic mass is 9.69. The van der Waals surface area contributed by atoms with Gasteiger partial charge in [-0.25, -0.2) is 0 Å². The van der Waals surface area contributed by atoms with E-state index in [0.29, 0.717) is 5.92 Å². The number of anilines is 3. The Bertz CT molecular complexity index is 5350. The molecule has 2 aliphatic carbocycles. The molecule has 15 aromatic rings. The molecular weight excluding hydrogens is 1110 g/mol. The van der Waals surface area contributed by atoms with Crippen LogP contribution in [0.25, 0.3) is 111 Å². The standard InChI is InChI=1S/C89H71N3/c1-87(2,3)57-82(88(4,5)6)62-35-33-60(34-36-62)64-41-49-72-70-25-13-17-29-78(70)89(80(72)54-64)79-30-18-14-26-71(79)73-50-47-68(55-81(73)89)92-84-32-20-16-28-75(84)77-53-63(42-52-85(77)92)61-39-45-67(46-40-61)90(66-43-37-59(38-44-66)58-21-9-7-10-22-58)69-48-51-76-74-27-15-19-31-83(74)91(86(76)56-69)65-23-11-8-12-24-65/h7-56,82H,57H2,1-6H3. The molecule has 0 amide bonds. The van der Waals surface area contributed by atoms with E-state index in [9.17, 15) is 0 Å². The number of para-hydroxylation sites is 3. The van der Waals surface area contributed by atoms with Crippen molar-refractivity contribution in [1.82, 2.24) is 9.13 Å². The number of fused-ring (bicyclic) bond motifs is 16. The van der Waals surface area contributed by atoms with Crippen LogP contribution in [0, 0.1) is 10.8 Å². The lowest BCUT2D eigenvalue weighted by molar-refractivity contribution is 0.229. The van der Waals surface area contributed by atoms with Gasteiger partial charge in [0.05, 0.1) is 27.5 Å². The summed E-state index contributed by atoms with van der Waals surface area (Å²) in [6, 6.07) is 114. The van der Waals surface area contributed by atoms with Gasteiger partial charge in [0.15, 0.2) is 0 Å². The first-order chi connectivity index (χ1) is 44.9. The van der Waals surface area contributed by atoms with Gasteiger partial charge in [0.2, 0.25) is 0 Å². The molecule has 0 radical (unpaired) electrons. The molecule has 3 nitrogen and oxygen atoms in total. The summed E-state index contributed by atoms with van der Waals surface area (Å²) < 4.78 is 4.91. The summed E-state index contributed by atoms with van der Waals surface area (Å²) in [5.41, 5.74) is 29.3. The highest BCUT2D eigenvalue weighted by molar-refractivity contribution is 6.12. The van der Waals surface area contributed by atoms with Gasteiger partial charge in [0.25, 0.3) is 0 Å². The molecule has 2 atom stereocenters. The van der Waals surface area contributed by atoms with E-state index in [1.807, 2.05) is 0 Å². The van der Waals surface area contributed by atoms with Gasteiger partial charge in [-0.05, 0) is 198 Å². The maximum Gasteiger partial charge on any atom is 0.0726 e. The van der Waals surface area contributed by atoms with Crippen LogP contribution in [0.1, 0.15) is 81.7 Å². The minimum Gasteiger partial charge on any atom is -0.310 e. The molecule has 17 rings (SSSR count). The smallest absolute Gasteiger partial charge is 0.0726 e. The topological polar surface area (TPSA) is 13.1 Å². The van der Waals surface area contributed by atoms with Crippen LogP contribution in [-0.4, -0.2) is 9.13 Å². The quantitative estimate of drug-likeness (QED) is 0.133. The van der Waals surface area contributed by atoms with Gasteiger partial charge in [-0.3, -0.25) is 0 Å². The van der Waals surface area contributed by atoms with Crippen LogP contribution in [0.5, 0.6) is 0 Å². The molecule has 1 spiro atoms. The van der Waals surface area contributed by atoms with Gasteiger partial charge < -0.3 is 14.0 Å². The van der Waals surface area contributed by atoms with Crippen molar-refractivity contribution in [3.05, 3.63) is 331 Å². The van der Waals surface area contributed by atoms with E-state index >= 15 is 0 Å². The van der Waals surface area contributed by atoms with Crippen LogP contribution in [0.15, 0.2) is 303 Å². The van der Waals surface area contributed by atoms with E-state index in [-0.39, 0.29) is 10.8 Å². The molecule has 2 heterocycles. The van der Waals surface area contributed by atoms with Crippen molar-refractivity contribution >= 4 is 60.7 Å². The molecule has 0 saturated heterocycles. The van der Waals surface area contributed by atoms with Gasteiger partial charge >= 0.3 is 0 Å². The lowest BCUT2D eigenvalue weighted by Gasteiger charge is -2.36. The third-order valence-electron chi connectivity index (χ3n) is 20.1. The molecule has 3 heteroatoms. The maximum absolute atomic E-state index is 2.53. The minimum absolute atomic E-state index is 0.146. The van der Waals surface area contributed by atoms with Crippen molar-refractivity contribution in [3.63, 3.8) is 0 Å². The van der Waals surface area contributed by atoms with Crippen molar-refractivity contribution in [3.8, 4) is 67.0 Å². The first-order valence-electron chi connectivity index (χ1n) is 32.6. The van der Waals surface area contributed by atoms with Crippen molar-refractivity contribution in [1.29, 1.82) is 0 Å². The molecule has 13 aromatic carbocycles. The number of nitrogens with zero attached hydrogens (tertiary/aromatic N) is 3. The van der Waals surface area contributed by atoms with Gasteiger partial charge in [-0.2, -0.15) is 0 Å². The third-order valence-corrected chi connectivity index (χ3v) is 20.1.